The lowest BCUT2D eigenvalue weighted by Gasteiger charge is -2.16. The molecule has 1 aromatic rings. The predicted octanol–water partition coefficient (Wildman–Crippen LogP) is 1.58. The largest absolute Gasteiger partial charge is 0.312 e. The minimum Gasteiger partial charge on any atom is -0.312 e. The van der Waals surface area contributed by atoms with E-state index < -0.39 is 0 Å². The van der Waals surface area contributed by atoms with E-state index in [1.807, 2.05) is 6.20 Å². The Balaban J connectivity index is 1.92. The zero-order chi connectivity index (χ0) is 9.97. The van der Waals surface area contributed by atoms with E-state index in [0.29, 0.717) is 6.04 Å². The van der Waals surface area contributed by atoms with Crippen LogP contribution in [0.2, 0.25) is 0 Å². The first-order valence-electron chi connectivity index (χ1n) is 5.52. The fourth-order valence-corrected chi connectivity index (χ4v) is 1.91. The van der Waals surface area contributed by atoms with Gasteiger partial charge in [0, 0.05) is 12.2 Å². The molecule has 0 spiro atoms. The SMILES string of the molecule is CCNC(Cn1cc(C)cn1)C1CC1. The Kier molecular flexibility index (Phi) is 2.87. The van der Waals surface area contributed by atoms with Gasteiger partial charge in [-0.15, -0.1) is 0 Å². The van der Waals surface area contributed by atoms with Crippen molar-refractivity contribution >= 4 is 0 Å². The summed E-state index contributed by atoms with van der Waals surface area (Å²) in [6, 6.07) is 0.624. The Labute approximate surface area is 85.5 Å². The summed E-state index contributed by atoms with van der Waals surface area (Å²) in [7, 11) is 0. The Morgan fingerprint density at radius 3 is 2.93 bits per heavy atom. The highest BCUT2D eigenvalue weighted by Gasteiger charge is 2.30. The average molecular weight is 193 g/mol. The third kappa shape index (κ3) is 2.35. The number of likely N-dealkylation sites (N-methyl/N-ethyl adjacent to an activating group) is 1. The van der Waals surface area contributed by atoms with Crippen LogP contribution in [0.1, 0.15) is 25.3 Å². The van der Waals surface area contributed by atoms with Crippen LogP contribution in [-0.2, 0) is 6.54 Å². The maximum absolute atomic E-state index is 4.32. The molecule has 1 aliphatic carbocycles. The van der Waals surface area contributed by atoms with Gasteiger partial charge in [-0.1, -0.05) is 6.92 Å². The molecule has 0 radical (unpaired) electrons. The third-order valence-corrected chi connectivity index (χ3v) is 2.80. The normalized spacial score (nSPS) is 18.4. The highest BCUT2D eigenvalue weighted by atomic mass is 15.3. The van der Waals surface area contributed by atoms with Crippen LogP contribution in [0.25, 0.3) is 0 Å². The topological polar surface area (TPSA) is 29.9 Å². The molecular formula is C11H19N3. The Morgan fingerprint density at radius 1 is 1.64 bits per heavy atom. The first-order chi connectivity index (χ1) is 6.79. The third-order valence-electron chi connectivity index (χ3n) is 2.80. The summed E-state index contributed by atoms with van der Waals surface area (Å²) in [6.45, 7) is 6.33. The summed E-state index contributed by atoms with van der Waals surface area (Å²) in [5.41, 5.74) is 1.25. The van der Waals surface area contributed by atoms with Crippen molar-refractivity contribution < 1.29 is 0 Å². The van der Waals surface area contributed by atoms with Gasteiger partial charge in [0.25, 0.3) is 0 Å². The van der Waals surface area contributed by atoms with Gasteiger partial charge in [0.05, 0.1) is 12.7 Å². The summed E-state index contributed by atoms with van der Waals surface area (Å²) in [5.74, 6) is 0.888. The first kappa shape index (κ1) is 9.71. The number of hydrogen-bond donors (Lipinski definition) is 1. The van der Waals surface area contributed by atoms with Crippen molar-refractivity contribution in [3.05, 3.63) is 18.0 Å². The smallest absolute Gasteiger partial charge is 0.0565 e. The second-order valence-electron chi connectivity index (χ2n) is 4.24. The van der Waals surface area contributed by atoms with E-state index in [9.17, 15) is 0 Å². The summed E-state index contributed by atoms with van der Waals surface area (Å²) in [5, 5.41) is 7.87. The van der Waals surface area contributed by atoms with Crippen molar-refractivity contribution in [2.24, 2.45) is 5.92 Å². The van der Waals surface area contributed by atoms with Gasteiger partial charge in [0.2, 0.25) is 0 Å². The molecular weight excluding hydrogens is 174 g/mol. The van der Waals surface area contributed by atoms with Crippen LogP contribution >= 0.6 is 0 Å². The molecule has 1 aromatic heterocycles. The van der Waals surface area contributed by atoms with Gasteiger partial charge >= 0.3 is 0 Å². The quantitative estimate of drug-likeness (QED) is 0.769. The highest BCUT2D eigenvalue weighted by Crippen LogP contribution is 2.33. The molecule has 0 aliphatic heterocycles. The van der Waals surface area contributed by atoms with Crippen LogP contribution in [0.5, 0.6) is 0 Å². The zero-order valence-electron chi connectivity index (χ0n) is 9.03. The van der Waals surface area contributed by atoms with E-state index in [2.05, 4.69) is 35.1 Å². The predicted molar refractivity (Wildman–Crippen MR) is 57.2 cm³/mol. The molecule has 14 heavy (non-hydrogen) atoms. The lowest BCUT2D eigenvalue weighted by molar-refractivity contribution is 0.397. The van der Waals surface area contributed by atoms with E-state index in [1.54, 1.807) is 0 Å². The Hall–Kier alpha value is -0.830. The Morgan fingerprint density at radius 2 is 2.43 bits per heavy atom. The molecule has 1 unspecified atom stereocenters. The van der Waals surface area contributed by atoms with Gasteiger partial charge in [0.15, 0.2) is 0 Å². The maximum Gasteiger partial charge on any atom is 0.0565 e. The molecule has 0 amide bonds. The van der Waals surface area contributed by atoms with E-state index in [-0.39, 0.29) is 0 Å². The average Bonchev–Trinajstić information content (AvgIpc) is 2.91. The summed E-state index contributed by atoms with van der Waals surface area (Å²) >= 11 is 0. The Bertz CT molecular complexity index is 288. The van der Waals surface area contributed by atoms with Crippen LogP contribution in [-0.4, -0.2) is 22.4 Å². The second-order valence-corrected chi connectivity index (χ2v) is 4.24. The number of nitrogens with zero attached hydrogens (tertiary/aromatic N) is 2. The molecule has 1 saturated carbocycles. The summed E-state index contributed by atoms with van der Waals surface area (Å²) in [4.78, 5) is 0. The minimum atomic E-state index is 0.624. The van der Waals surface area contributed by atoms with Crippen molar-refractivity contribution in [1.29, 1.82) is 0 Å². The molecule has 0 aromatic carbocycles. The molecule has 1 heterocycles. The zero-order valence-corrected chi connectivity index (χ0v) is 9.03. The van der Waals surface area contributed by atoms with Gasteiger partial charge in [-0.3, -0.25) is 4.68 Å². The van der Waals surface area contributed by atoms with E-state index in [4.69, 9.17) is 0 Å². The van der Waals surface area contributed by atoms with Crippen molar-refractivity contribution in [1.82, 2.24) is 15.1 Å². The van der Waals surface area contributed by atoms with Crippen LogP contribution in [0.4, 0.5) is 0 Å². The van der Waals surface area contributed by atoms with E-state index in [0.717, 1.165) is 19.0 Å². The van der Waals surface area contributed by atoms with Crippen LogP contribution in [0.15, 0.2) is 12.4 Å². The second kappa shape index (κ2) is 4.13. The molecule has 3 heteroatoms. The highest BCUT2D eigenvalue weighted by molar-refractivity contribution is 5.00. The van der Waals surface area contributed by atoms with Crippen molar-refractivity contribution in [2.45, 2.75) is 39.3 Å². The molecule has 78 valence electrons. The number of rotatable bonds is 5. The monoisotopic (exact) mass is 193 g/mol. The molecule has 2 rings (SSSR count). The van der Waals surface area contributed by atoms with Gasteiger partial charge in [0.1, 0.15) is 0 Å². The van der Waals surface area contributed by atoms with Gasteiger partial charge in [-0.2, -0.15) is 5.10 Å². The van der Waals surface area contributed by atoms with Crippen LogP contribution in [0.3, 0.4) is 0 Å². The minimum absolute atomic E-state index is 0.624. The molecule has 1 N–H and O–H groups in total. The molecule has 0 bridgehead atoms. The number of hydrogen-bond acceptors (Lipinski definition) is 2. The maximum atomic E-state index is 4.32. The van der Waals surface area contributed by atoms with Crippen molar-refractivity contribution in [3.63, 3.8) is 0 Å². The standard InChI is InChI=1S/C11H19N3/c1-3-12-11(10-4-5-10)8-14-7-9(2)6-13-14/h6-7,10-12H,3-5,8H2,1-2H3. The molecule has 1 aliphatic rings. The summed E-state index contributed by atoms with van der Waals surface area (Å²) in [6.07, 6.45) is 6.82. The fourth-order valence-electron chi connectivity index (χ4n) is 1.91. The van der Waals surface area contributed by atoms with E-state index >= 15 is 0 Å². The molecule has 3 nitrogen and oxygen atoms in total. The van der Waals surface area contributed by atoms with E-state index in [1.165, 1.54) is 18.4 Å². The first-order valence-corrected chi connectivity index (χ1v) is 5.52. The fraction of sp³-hybridized carbons (Fsp3) is 0.727. The molecule has 0 saturated heterocycles. The van der Waals surface area contributed by atoms with Crippen molar-refractivity contribution in [3.8, 4) is 0 Å². The molecule has 1 atom stereocenters. The number of aromatic nitrogens is 2. The number of nitrogens with one attached hydrogen (secondary N) is 1. The van der Waals surface area contributed by atoms with Crippen molar-refractivity contribution in [2.75, 3.05) is 6.54 Å². The van der Waals surface area contributed by atoms with Crippen LogP contribution < -0.4 is 5.32 Å². The van der Waals surface area contributed by atoms with Gasteiger partial charge in [-0.05, 0) is 37.8 Å². The van der Waals surface area contributed by atoms with Crippen LogP contribution in [0, 0.1) is 12.8 Å². The number of aryl methyl sites for hydroxylation is 1. The summed E-state index contributed by atoms with van der Waals surface area (Å²) < 4.78 is 2.06. The molecule has 1 fully saturated rings. The lowest BCUT2D eigenvalue weighted by Crippen LogP contribution is -2.35. The van der Waals surface area contributed by atoms with Gasteiger partial charge in [-0.25, -0.2) is 0 Å². The van der Waals surface area contributed by atoms with Gasteiger partial charge < -0.3 is 5.32 Å². The lowest BCUT2D eigenvalue weighted by atomic mass is 10.2.